The number of Topliss-reactive ketones (excluding diaryl/α,β-unsaturated/α-hetero) is 1. The van der Waals surface area contributed by atoms with Crippen LogP contribution in [0, 0.1) is 5.82 Å². The molecule has 30 heavy (non-hydrogen) atoms. The third kappa shape index (κ3) is 3.52. The van der Waals surface area contributed by atoms with Gasteiger partial charge in [-0.15, -0.1) is 0 Å². The molecule has 5 nitrogen and oxygen atoms in total. The number of carbonyl (C=O) groups excluding carboxylic acids is 2. The molecule has 1 atom stereocenters. The molecule has 0 radical (unpaired) electrons. The molecule has 0 saturated carbocycles. The predicted octanol–water partition coefficient (Wildman–Crippen LogP) is 4.60. The van der Waals surface area contributed by atoms with Gasteiger partial charge in [-0.1, -0.05) is 31.2 Å². The van der Waals surface area contributed by atoms with Crippen LogP contribution >= 0.6 is 0 Å². The second-order valence-corrected chi connectivity index (χ2v) is 7.11. The van der Waals surface area contributed by atoms with E-state index in [1.54, 1.807) is 12.1 Å². The SMILES string of the molecule is CCc1ccc(C2/C(=C(/O)c3ccc(F)cc3)C(=O)C(=O)N2Cc2ccco2)cc1. The molecule has 1 unspecified atom stereocenters. The van der Waals surface area contributed by atoms with Gasteiger partial charge in [0.25, 0.3) is 11.7 Å². The van der Waals surface area contributed by atoms with Crippen molar-refractivity contribution < 1.29 is 23.5 Å². The highest BCUT2D eigenvalue weighted by atomic mass is 19.1. The Hall–Kier alpha value is -3.67. The highest BCUT2D eigenvalue weighted by Crippen LogP contribution is 2.40. The number of ketones is 1. The number of aliphatic hydroxyl groups is 1. The summed E-state index contributed by atoms with van der Waals surface area (Å²) in [4.78, 5) is 27.2. The van der Waals surface area contributed by atoms with Gasteiger partial charge in [-0.05, 0) is 53.9 Å². The van der Waals surface area contributed by atoms with Crippen LogP contribution in [0.25, 0.3) is 5.76 Å². The summed E-state index contributed by atoms with van der Waals surface area (Å²) in [7, 11) is 0. The van der Waals surface area contributed by atoms with Gasteiger partial charge in [-0.2, -0.15) is 0 Å². The summed E-state index contributed by atoms with van der Waals surface area (Å²) < 4.78 is 18.7. The molecule has 1 aliphatic rings. The Kier molecular flexibility index (Phi) is 5.23. The first-order valence-corrected chi connectivity index (χ1v) is 9.65. The number of amides is 1. The Morgan fingerprint density at radius 2 is 1.77 bits per heavy atom. The Morgan fingerprint density at radius 3 is 2.37 bits per heavy atom. The van der Waals surface area contributed by atoms with Gasteiger partial charge in [-0.3, -0.25) is 9.59 Å². The van der Waals surface area contributed by atoms with E-state index in [0.717, 1.165) is 12.0 Å². The van der Waals surface area contributed by atoms with E-state index in [2.05, 4.69) is 0 Å². The van der Waals surface area contributed by atoms with Gasteiger partial charge in [0.1, 0.15) is 17.3 Å². The second kappa shape index (κ2) is 7.99. The first-order valence-electron chi connectivity index (χ1n) is 9.65. The molecule has 1 saturated heterocycles. The van der Waals surface area contributed by atoms with Gasteiger partial charge in [0.2, 0.25) is 0 Å². The monoisotopic (exact) mass is 405 g/mol. The highest BCUT2D eigenvalue weighted by Gasteiger charge is 2.46. The van der Waals surface area contributed by atoms with Crippen LogP contribution in [0.3, 0.4) is 0 Å². The van der Waals surface area contributed by atoms with E-state index in [9.17, 15) is 19.1 Å². The molecule has 152 valence electrons. The van der Waals surface area contributed by atoms with E-state index in [-0.39, 0.29) is 23.4 Å². The lowest BCUT2D eigenvalue weighted by atomic mass is 9.94. The minimum Gasteiger partial charge on any atom is -0.507 e. The van der Waals surface area contributed by atoms with E-state index >= 15 is 0 Å². The van der Waals surface area contributed by atoms with Crippen molar-refractivity contribution in [1.82, 2.24) is 4.90 Å². The standard InChI is InChI=1S/C24H20FNO4/c1-2-15-5-7-16(8-6-15)21-20(22(27)17-9-11-18(25)12-10-17)23(28)24(29)26(21)14-19-4-3-13-30-19/h3-13,21,27H,2,14H2,1H3/b22-20-. The van der Waals surface area contributed by atoms with Gasteiger partial charge in [0.15, 0.2) is 0 Å². The maximum atomic E-state index is 13.3. The maximum absolute atomic E-state index is 13.3. The molecular formula is C24H20FNO4. The predicted molar refractivity (Wildman–Crippen MR) is 109 cm³/mol. The smallest absolute Gasteiger partial charge is 0.296 e. The first kappa shape index (κ1) is 19.6. The zero-order valence-corrected chi connectivity index (χ0v) is 16.3. The lowest BCUT2D eigenvalue weighted by molar-refractivity contribution is -0.140. The fraction of sp³-hybridized carbons (Fsp3) is 0.167. The number of carbonyl (C=O) groups is 2. The highest BCUT2D eigenvalue weighted by molar-refractivity contribution is 6.46. The average Bonchev–Trinajstić information content (AvgIpc) is 3.36. The van der Waals surface area contributed by atoms with Crippen molar-refractivity contribution in [2.24, 2.45) is 0 Å². The van der Waals surface area contributed by atoms with Crippen LogP contribution in [-0.2, 0) is 22.6 Å². The summed E-state index contributed by atoms with van der Waals surface area (Å²) in [5.74, 6) is -1.78. The summed E-state index contributed by atoms with van der Waals surface area (Å²) in [6, 6.07) is 15.3. The van der Waals surface area contributed by atoms with Crippen LogP contribution in [0.1, 0.15) is 35.4 Å². The molecule has 6 heteroatoms. The van der Waals surface area contributed by atoms with Crippen molar-refractivity contribution in [2.45, 2.75) is 25.9 Å². The molecule has 1 amide bonds. The summed E-state index contributed by atoms with van der Waals surface area (Å²) in [6.07, 6.45) is 2.35. The fourth-order valence-corrected chi connectivity index (χ4v) is 3.66. The number of rotatable bonds is 5. The minimum atomic E-state index is -0.786. The molecule has 3 aromatic rings. The number of hydrogen-bond acceptors (Lipinski definition) is 4. The molecule has 1 N–H and O–H groups in total. The third-order valence-corrected chi connectivity index (χ3v) is 5.27. The van der Waals surface area contributed by atoms with E-state index in [0.29, 0.717) is 11.3 Å². The van der Waals surface area contributed by atoms with Crippen LogP contribution in [0.4, 0.5) is 4.39 Å². The Balaban J connectivity index is 1.85. The molecule has 0 spiro atoms. The van der Waals surface area contributed by atoms with E-state index in [4.69, 9.17) is 4.42 Å². The average molecular weight is 405 g/mol. The number of furan rings is 1. The normalized spacial score (nSPS) is 18.2. The molecule has 0 bridgehead atoms. The molecule has 0 aliphatic carbocycles. The molecule has 2 aromatic carbocycles. The summed E-state index contributed by atoms with van der Waals surface area (Å²) in [5, 5.41) is 10.9. The van der Waals surface area contributed by atoms with Crippen LogP contribution < -0.4 is 0 Å². The Morgan fingerprint density at radius 1 is 1.07 bits per heavy atom. The van der Waals surface area contributed by atoms with Gasteiger partial charge in [0.05, 0.1) is 24.4 Å². The van der Waals surface area contributed by atoms with Crippen molar-refractivity contribution in [1.29, 1.82) is 0 Å². The third-order valence-electron chi connectivity index (χ3n) is 5.27. The number of hydrogen-bond donors (Lipinski definition) is 1. The summed E-state index contributed by atoms with van der Waals surface area (Å²) in [5.41, 5.74) is 2.05. The zero-order chi connectivity index (χ0) is 21.3. The van der Waals surface area contributed by atoms with E-state index < -0.39 is 23.5 Å². The minimum absolute atomic E-state index is 0.0255. The number of benzene rings is 2. The van der Waals surface area contributed by atoms with Crippen molar-refractivity contribution in [2.75, 3.05) is 0 Å². The number of halogens is 1. The topological polar surface area (TPSA) is 70.8 Å². The van der Waals surface area contributed by atoms with Crippen LogP contribution in [0.2, 0.25) is 0 Å². The van der Waals surface area contributed by atoms with Crippen LogP contribution in [-0.4, -0.2) is 21.7 Å². The zero-order valence-electron chi connectivity index (χ0n) is 16.3. The lowest BCUT2D eigenvalue weighted by Crippen LogP contribution is -2.29. The van der Waals surface area contributed by atoms with Crippen LogP contribution in [0.15, 0.2) is 76.9 Å². The van der Waals surface area contributed by atoms with Crippen molar-refractivity contribution >= 4 is 17.4 Å². The summed E-state index contributed by atoms with van der Waals surface area (Å²) in [6.45, 7) is 2.12. The number of aliphatic hydroxyl groups excluding tert-OH is 1. The van der Waals surface area contributed by atoms with Crippen molar-refractivity contribution in [3.8, 4) is 0 Å². The van der Waals surface area contributed by atoms with Gasteiger partial charge < -0.3 is 14.4 Å². The molecule has 1 fully saturated rings. The van der Waals surface area contributed by atoms with Gasteiger partial charge >= 0.3 is 0 Å². The Labute approximate surface area is 173 Å². The molecule has 1 aromatic heterocycles. The largest absolute Gasteiger partial charge is 0.507 e. The van der Waals surface area contributed by atoms with Gasteiger partial charge in [-0.25, -0.2) is 4.39 Å². The van der Waals surface area contributed by atoms with E-state index in [1.807, 2.05) is 31.2 Å². The number of nitrogens with zero attached hydrogens (tertiary/aromatic N) is 1. The Bertz CT molecular complexity index is 1100. The molecule has 1 aliphatic heterocycles. The van der Waals surface area contributed by atoms with Crippen molar-refractivity contribution in [3.05, 3.63) is 101 Å². The lowest BCUT2D eigenvalue weighted by Gasteiger charge is -2.24. The quantitative estimate of drug-likeness (QED) is 0.383. The number of likely N-dealkylation sites (tertiary alicyclic amines) is 1. The van der Waals surface area contributed by atoms with Crippen LogP contribution in [0.5, 0.6) is 0 Å². The second-order valence-electron chi connectivity index (χ2n) is 7.11. The molecule has 4 rings (SSSR count). The van der Waals surface area contributed by atoms with E-state index in [1.165, 1.54) is 35.4 Å². The van der Waals surface area contributed by atoms with Crippen molar-refractivity contribution in [3.63, 3.8) is 0 Å². The maximum Gasteiger partial charge on any atom is 0.296 e. The summed E-state index contributed by atoms with van der Waals surface area (Å²) >= 11 is 0. The molecular weight excluding hydrogens is 385 g/mol. The fourth-order valence-electron chi connectivity index (χ4n) is 3.66. The van der Waals surface area contributed by atoms with Gasteiger partial charge in [0, 0.05) is 5.56 Å². The molecule has 2 heterocycles. The number of aryl methyl sites for hydroxylation is 1. The first-order chi connectivity index (χ1) is 14.5.